The third-order valence-electron chi connectivity index (χ3n) is 3.97. The summed E-state index contributed by atoms with van der Waals surface area (Å²) >= 11 is 1.28. The van der Waals surface area contributed by atoms with E-state index < -0.39 is 4.92 Å². The lowest BCUT2D eigenvalue weighted by atomic mass is 10.1. The van der Waals surface area contributed by atoms with E-state index in [2.05, 4.69) is 16.4 Å². The molecule has 0 fully saturated rings. The number of non-ortho nitro benzene ring substituents is 1. The molecule has 3 rings (SSSR count). The fourth-order valence-electron chi connectivity index (χ4n) is 2.53. The highest BCUT2D eigenvalue weighted by atomic mass is 32.1. The number of nitriles is 1. The van der Waals surface area contributed by atoms with Crippen LogP contribution in [0.1, 0.15) is 5.01 Å². The highest BCUT2D eigenvalue weighted by Crippen LogP contribution is 2.31. The van der Waals surface area contributed by atoms with Crippen molar-refractivity contribution in [1.82, 2.24) is 4.98 Å². The number of anilines is 1. The molecule has 0 aliphatic rings. The number of benzene rings is 2. The zero-order valence-electron chi connectivity index (χ0n) is 15.6. The number of hydrogen-bond acceptors (Lipinski definition) is 8. The Morgan fingerprint density at radius 1 is 1.24 bits per heavy atom. The van der Waals surface area contributed by atoms with Gasteiger partial charge in [-0.15, -0.1) is 11.3 Å². The average Bonchev–Trinajstić information content (AvgIpc) is 3.24. The van der Waals surface area contributed by atoms with Crippen molar-refractivity contribution in [3.63, 3.8) is 0 Å². The summed E-state index contributed by atoms with van der Waals surface area (Å²) in [5.74, 6) is 1.16. The van der Waals surface area contributed by atoms with Gasteiger partial charge >= 0.3 is 0 Å². The predicted molar refractivity (Wildman–Crippen MR) is 111 cm³/mol. The maximum atomic E-state index is 11.0. The second-order valence-electron chi connectivity index (χ2n) is 5.73. The van der Waals surface area contributed by atoms with Crippen molar-refractivity contribution in [3.05, 3.63) is 69.2 Å². The van der Waals surface area contributed by atoms with Crippen LogP contribution in [-0.4, -0.2) is 24.1 Å². The van der Waals surface area contributed by atoms with E-state index in [0.717, 1.165) is 0 Å². The first-order chi connectivity index (χ1) is 14.0. The molecular weight excluding hydrogens is 392 g/mol. The van der Waals surface area contributed by atoms with E-state index in [1.807, 2.05) is 0 Å². The number of nitro groups is 1. The summed E-state index contributed by atoms with van der Waals surface area (Å²) in [5, 5.41) is 25.8. The van der Waals surface area contributed by atoms with E-state index in [1.54, 1.807) is 56.1 Å². The van der Waals surface area contributed by atoms with Crippen LogP contribution < -0.4 is 14.8 Å². The molecule has 8 nitrogen and oxygen atoms in total. The van der Waals surface area contributed by atoms with Crippen LogP contribution in [0.25, 0.3) is 16.8 Å². The van der Waals surface area contributed by atoms with Crippen molar-refractivity contribution in [2.45, 2.75) is 0 Å². The number of nitrogens with zero attached hydrogens (tertiary/aromatic N) is 3. The van der Waals surface area contributed by atoms with Crippen LogP contribution in [0.4, 0.5) is 11.4 Å². The molecule has 3 aromatic rings. The number of nitrogens with one attached hydrogen (secondary N) is 1. The molecule has 1 N–H and O–H groups in total. The number of methoxy groups -OCH3 is 2. The lowest BCUT2D eigenvalue weighted by molar-refractivity contribution is -0.384. The van der Waals surface area contributed by atoms with Crippen LogP contribution in [0.15, 0.2) is 54.0 Å². The molecule has 2 aromatic carbocycles. The Labute approximate surface area is 170 Å². The first kappa shape index (κ1) is 19.9. The minimum atomic E-state index is -0.454. The van der Waals surface area contributed by atoms with Crippen LogP contribution in [-0.2, 0) is 0 Å². The van der Waals surface area contributed by atoms with Gasteiger partial charge in [0.25, 0.3) is 5.69 Å². The van der Waals surface area contributed by atoms with Gasteiger partial charge in [0.15, 0.2) is 11.5 Å². The topological polar surface area (TPSA) is 110 Å². The molecule has 0 spiro atoms. The number of allylic oxidation sites excluding steroid dienone is 1. The highest BCUT2D eigenvalue weighted by molar-refractivity contribution is 7.11. The van der Waals surface area contributed by atoms with Crippen LogP contribution >= 0.6 is 11.3 Å². The van der Waals surface area contributed by atoms with Gasteiger partial charge < -0.3 is 14.8 Å². The summed E-state index contributed by atoms with van der Waals surface area (Å²) in [6.07, 6.45) is 1.55. The maximum Gasteiger partial charge on any atom is 0.270 e. The molecule has 0 aliphatic heterocycles. The molecule has 0 amide bonds. The van der Waals surface area contributed by atoms with Gasteiger partial charge in [-0.25, -0.2) is 4.98 Å². The largest absolute Gasteiger partial charge is 0.493 e. The number of hydrogen-bond donors (Lipinski definition) is 1. The zero-order chi connectivity index (χ0) is 20.8. The number of rotatable bonds is 7. The zero-order valence-corrected chi connectivity index (χ0v) is 16.4. The molecule has 0 saturated heterocycles. The van der Waals surface area contributed by atoms with Gasteiger partial charge in [0.05, 0.1) is 24.8 Å². The predicted octanol–water partition coefficient (Wildman–Crippen LogP) is 4.71. The van der Waals surface area contributed by atoms with Crippen LogP contribution in [0.5, 0.6) is 11.5 Å². The van der Waals surface area contributed by atoms with E-state index in [-0.39, 0.29) is 5.69 Å². The van der Waals surface area contributed by atoms with Crippen molar-refractivity contribution in [2.24, 2.45) is 0 Å². The van der Waals surface area contributed by atoms with E-state index in [4.69, 9.17) is 9.47 Å². The van der Waals surface area contributed by atoms with Crippen LogP contribution in [0.2, 0.25) is 0 Å². The molecule has 1 heterocycles. The summed E-state index contributed by atoms with van der Waals surface area (Å²) in [6.45, 7) is 0. The molecule has 0 radical (unpaired) electrons. The summed E-state index contributed by atoms with van der Waals surface area (Å²) in [4.78, 5) is 15.0. The van der Waals surface area contributed by atoms with E-state index in [0.29, 0.717) is 39.0 Å². The summed E-state index contributed by atoms with van der Waals surface area (Å²) in [6, 6.07) is 13.6. The standard InChI is InChI=1S/C20H16N4O4S/c1-27-18-7-6-15(9-19(18)28-2)22-11-14(10-21)20-23-17(12-29-20)13-4-3-5-16(8-13)24(25)26/h3-9,11-12,22H,1-2H3/b14-11+. The monoisotopic (exact) mass is 408 g/mol. The molecule has 1 aromatic heterocycles. The third kappa shape index (κ3) is 4.51. The molecule has 9 heteroatoms. The third-order valence-corrected chi connectivity index (χ3v) is 4.85. The van der Waals surface area contributed by atoms with Gasteiger partial charge in [-0.05, 0) is 12.1 Å². The lowest BCUT2D eigenvalue weighted by Gasteiger charge is -2.09. The SMILES string of the molecule is COc1ccc(N/C=C(\C#N)c2nc(-c3cccc([N+](=O)[O-])c3)cs2)cc1OC. The van der Waals surface area contributed by atoms with Gasteiger partial charge in [-0.1, -0.05) is 12.1 Å². The fourth-order valence-corrected chi connectivity index (χ4v) is 3.33. The Balaban J connectivity index is 1.83. The van der Waals surface area contributed by atoms with Crippen LogP contribution in [0, 0.1) is 21.4 Å². The van der Waals surface area contributed by atoms with Gasteiger partial charge in [0.1, 0.15) is 16.6 Å². The van der Waals surface area contributed by atoms with E-state index in [1.165, 1.54) is 23.5 Å². The molecule has 0 saturated carbocycles. The van der Waals surface area contributed by atoms with Gasteiger partial charge in [0, 0.05) is 41.0 Å². The lowest BCUT2D eigenvalue weighted by Crippen LogP contribution is -1.94. The molecule has 29 heavy (non-hydrogen) atoms. The number of ether oxygens (including phenoxy) is 2. The van der Waals surface area contributed by atoms with E-state index >= 15 is 0 Å². The quantitative estimate of drug-likeness (QED) is 0.342. The minimum Gasteiger partial charge on any atom is -0.493 e. The number of thiazole rings is 1. The van der Waals surface area contributed by atoms with Crippen molar-refractivity contribution >= 4 is 28.3 Å². The Kier molecular flexibility index (Phi) is 6.06. The van der Waals surface area contributed by atoms with Crippen LogP contribution in [0.3, 0.4) is 0 Å². The first-order valence-electron chi connectivity index (χ1n) is 8.35. The normalized spacial score (nSPS) is 10.9. The molecule has 0 unspecified atom stereocenters. The minimum absolute atomic E-state index is 0.0109. The molecule has 0 atom stereocenters. The summed E-state index contributed by atoms with van der Waals surface area (Å²) in [7, 11) is 3.10. The van der Waals surface area contributed by atoms with Crippen molar-refractivity contribution < 1.29 is 14.4 Å². The molecule has 146 valence electrons. The van der Waals surface area contributed by atoms with Gasteiger partial charge in [-0.2, -0.15) is 5.26 Å². The highest BCUT2D eigenvalue weighted by Gasteiger charge is 2.12. The molecule has 0 aliphatic carbocycles. The summed E-state index contributed by atoms with van der Waals surface area (Å²) < 4.78 is 10.5. The van der Waals surface area contributed by atoms with Crippen molar-refractivity contribution in [1.29, 1.82) is 5.26 Å². The number of nitro benzene ring substituents is 1. The Morgan fingerprint density at radius 2 is 2.03 bits per heavy atom. The van der Waals surface area contributed by atoms with Gasteiger partial charge in [0.2, 0.25) is 0 Å². The number of aromatic nitrogens is 1. The maximum absolute atomic E-state index is 11.0. The molecule has 0 bridgehead atoms. The Hall–Kier alpha value is -3.90. The Bertz CT molecular complexity index is 1120. The Morgan fingerprint density at radius 3 is 2.72 bits per heavy atom. The molecular formula is C20H16N4O4S. The van der Waals surface area contributed by atoms with Crippen molar-refractivity contribution in [2.75, 3.05) is 19.5 Å². The second-order valence-corrected chi connectivity index (χ2v) is 6.59. The summed E-state index contributed by atoms with van der Waals surface area (Å²) in [5.41, 5.74) is 2.23. The average molecular weight is 408 g/mol. The first-order valence-corrected chi connectivity index (χ1v) is 9.23. The smallest absolute Gasteiger partial charge is 0.270 e. The second kappa shape index (κ2) is 8.86. The van der Waals surface area contributed by atoms with Crippen molar-refractivity contribution in [3.8, 4) is 28.8 Å². The van der Waals surface area contributed by atoms with E-state index in [9.17, 15) is 15.4 Å². The van der Waals surface area contributed by atoms with Gasteiger partial charge in [-0.3, -0.25) is 10.1 Å². The fraction of sp³-hybridized carbons (Fsp3) is 0.100.